The lowest BCUT2D eigenvalue weighted by atomic mass is 10.1. The van der Waals surface area contributed by atoms with E-state index in [1.54, 1.807) is 24.5 Å². The number of hydrogen-bond acceptors (Lipinski definition) is 5. The largest absolute Gasteiger partial charge is 0.508 e. The van der Waals surface area contributed by atoms with Crippen molar-refractivity contribution in [2.75, 3.05) is 0 Å². The summed E-state index contributed by atoms with van der Waals surface area (Å²) < 4.78 is 5.23. The molecule has 0 saturated heterocycles. The zero-order chi connectivity index (χ0) is 13.9. The maximum absolute atomic E-state index is 9.74. The number of benzene rings is 1. The Balaban J connectivity index is 1.88. The van der Waals surface area contributed by atoms with Crippen LogP contribution < -0.4 is 0 Å². The first-order chi connectivity index (χ1) is 9.74. The number of hydrogen-bond donors (Lipinski definition) is 1. The number of nitrogens with zero attached hydrogens (tertiary/aromatic N) is 3. The average molecular weight is 267 g/mol. The lowest BCUT2D eigenvalue weighted by Gasteiger charge is -1.99. The second-order valence-corrected chi connectivity index (χ2v) is 4.51. The van der Waals surface area contributed by atoms with Gasteiger partial charge in [0.05, 0.1) is 6.42 Å². The Bertz CT molecular complexity index is 737. The molecule has 0 fully saturated rings. The third-order valence-corrected chi connectivity index (χ3v) is 3.08. The van der Waals surface area contributed by atoms with Gasteiger partial charge < -0.3 is 9.63 Å². The molecule has 0 unspecified atom stereocenters. The summed E-state index contributed by atoms with van der Waals surface area (Å²) in [4.78, 5) is 8.42. The van der Waals surface area contributed by atoms with Gasteiger partial charge in [0, 0.05) is 23.5 Å². The fraction of sp³-hybridized carbons (Fsp3) is 0.133. The van der Waals surface area contributed by atoms with E-state index in [1.165, 1.54) is 0 Å². The first-order valence-electron chi connectivity index (χ1n) is 6.24. The number of para-hydroxylation sites is 1. The van der Waals surface area contributed by atoms with Gasteiger partial charge in [0.2, 0.25) is 11.7 Å². The summed E-state index contributed by atoms with van der Waals surface area (Å²) in [6, 6.07) is 9.00. The molecule has 0 amide bonds. The van der Waals surface area contributed by atoms with E-state index in [2.05, 4.69) is 15.1 Å². The number of aromatic hydroxyl groups is 1. The van der Waals surface area contributed by atoms with Gasteiger partial charge in [0.1, 0.15) is 5.75 Å². The summed E-state index contributed by atoms with van der Waals surface area (Å²) in [5.74, 6) is 1.20. The summed E-state index contributed by atoms with van der Waals surface area (Å²) in [5, 5.41) is 13.7. The van der Waals surface area contributed by atoms with Gasteiger partial charge in [-0.1, -0.05) is 23.4 Å². The maximum atomic E-state index is 9.74. The molecule has 5 nitrogen and oxygen atoms in total. The third-order valence-electron chi connectivity index (χ3n) is 3.08. The Morgan fingerprint density at radius 1 is 1.20 bits per heavy atom. The fourth-order valence-electron chi connectivity index (χ4n) is 1.96. The highest BCUT2D eigenvalue weighted by Gasteiger charge is 2.12. The average Bonchev–Trinajstić information content (AvgIpc) is 2.90. The van der Waals surface area contributed by atoms with Crippen molar-refractivity contribution < 1.29 is 9.63 Å². The van der Waals surface area contributed by atoms with E-state index in [0.29, 0.717) is 18.1 Å². The third kappa shape index (κ3) is 2.38. The summed E-state index contributed by atoms with van der Waals surface area (Å²) in [6.07, 6.45) is 3.84. The van der Waals surface area contributed by atoms with Gasteiger partial charge in [-0.05, 0) is 24.6 Å². The SMILES string of the molecule is Cc1ccncc1-c1noc(Cc2ccccc2O)n1. The number of aryl methyl sites for hydroxylation is 1. The van der Waals surface area contributed by atoms with Gasteiger partial charge >= 0.3 is 0 Å². The van der Waals surface area contributed by atoms with Crippen LogP contribution in [-0.4, -0.2) is 20.2 Å². The van der Waals surface area contributed by atoms with E-state index in [-0.39, 0.29) is 5.75 Å². The quantitative estimate of drug-likeness (QED) is 0.790. The number of phenolic OH excluding ortho intramolecular Hbond substituents is 1. The van der Waals surface area contributed by atoms with Crippen LogP contribution in [0, 0.1) is 6.92 Å². The van der Waals surface area contributed by atoms with E-state index in [9.17, 15) is 5.11 Å². The van der Waals surface area contributed by atoms with Gasteiger partial charge in [-0.25, -0.2) is 0 Å². The zero-order valence-electron chi connectivity index (χ0n) is 10.9. The van der Waals surface area contributed by atoms with Gasteiger partial charge in [-0.2, -0.15) is 4.98 Å². The minimum Gasteiger partial charge on any atom is -0.508 e. The second kappa shape index (κ2) is 5.13. The van der Waals surface area contributed by atoms with Crippen LogP contribution in [0.1, 0.15) is 17.0 Å². The highest BCUT2D eigenvalue weighted by atomic mass is 16.5. The van der Waals surface area contributed by atoms with E-state index in [0.717, 1.165) is 16.7 Å². The van der Waals surface area contributed by atoms with Crippen molar-refractivity contribution in [3.63, 3.8) is 0 Å². The highest BCUT2D eigenvalue weighted by molar-refractivity contribution is 5.57. The van der Waals surface area contributed by atoms with Crippen LogP contribution in [-0.2, 0) is 6.42 Å². The molecule has 2 heterocycles. The molecule has 1 aromatic carbocycles. The molecule has 100 valence electrons. The van der Waals surface area contributed by atoms with Crippen molar-refractivity contribution in [1.82, 2.24) is 15.1 Å². The Kier molecular flexibility index (Phi) is 3.16. The molecule has 0 aliphatic rings. The number of rotatable bonds is 3. The predicted molar refractivity (Wildman–Crippen MR) is 73.2 cm³/mol. The Hall–Kier alpha value is -2.69. The zero-order valence-corrected chi connectivity index (χ0v) is 10.9. The Morgan fingerprint density at radius 2 is 2.05 bits per heavy atom. The molecule has 5 heteroatoms. The van der Waals surface area contributed by atoms with Crippen LogP contribution in [0.3, 0.4) is 0 Å². The summed E-state index contributed by atoms with van der Waals surface area (Å²) >= 11 is 0. The van der Waals surface area contributed by atoms with E-state index in [1.807, 2.05) is 25.1 Å². The van der Waals surface area contributed by atoms with Crippen LogP contribution >= 0.6 is 0 Å². The monoisotopic (exact) mass is 267 g/mol. The standard InChI is InChI=1S/C15H13N3O2/c1-10-6-7-16-9-12(10)15-17-14(20-18-15)8-11-4-2-3-5-13(11)19/h2-7,9,19H,8H2,1H3. The molecule has 0 saturated carbocycles. The highest BCUT2D eigenvalue weighted by Crippen LogP contribution is 2.22. The minimum absolute atomic E-state index is 0.227. The molecule has 20 heavy (non-hydrogen) atoms. The second-order valence-electron chi connectivity index (χ2n) is 4.51. The number of pyridine rings is 1. The van der Waals surface area contributed by atoms with Crippen LogP contribution in [0.25, 0.3) is 11.4 Å². The molecule has 2 aromatic heterocycles. The first-order valence-corrected chi connectivity index (χ1v) is 6.24. The van der Waals surface area contributed by atoms with E-state index in [4.69, 9.17) is 4.52 Å². The molecule has 0 atom stereocenters. The summed E-state index contributed by atoms with van der Waals surface area (Å²) in [5.41, 5.74) is 2.64. The van der Waals surface area contributed by atoms with Gasteiger partial charge in [-0.3, -0.25) is 4.98 Å². The lowest BCUT2D eigenvalue weighted by molar-refractivity contribution is 0.383. The van der Waals surface area contributed by atoms with E-state index >= 15 is 0 Å². The van der Waals surface area contributed by atoms with Crippen LogP contribution in [0.2, 0.25) is 0 Å². The minimum atomic E-state index is 0.227. The van der Waals surface area contributed by atoms with Crippen molar-refractivity contribution in [2.45, 2.75) is 13.3 Å². The summed E-state index contributed by atoms with van der Waals surface area (Å²) in [6.45, 7) is 1.97. The van der Waals surface area contributed by atoms with Crippen molar-refractivity contribution in [2.24, 2.45) is 0 Å². The van der Waals surface area contributed by atoms with E-state index < -0.39 is 0 Å². The van der Waals surface area contributed by atoms with Gasteiger partial charge in [0.25, 0.3) is 0 Å². The molecule has 0 aliphatic carbocycles. The topological polar surface area (TPSA) is 72.0 Å². The molecule has 3 aromatic rings. The number of phenols is 1. The number of aromatic nitrogens is 3. The van der Waals surface area contributed by atoms with Crippen molar-refractivity contribution in [3.05, 3.63) is 59.7 Å². The Labute approximate surface area is 115 Å². The van der Waals surface area contributed by atoms with Crippen molar-refractivity contribution in [1.29, 1.82) is 0 Å². The molecular weight excluding hydrogens is 254 g/mol. The first kappa shape index (κ1) is 12.3. The van der Waals surface area contributed by atoms with Crippen LogP contribution in [0.4, 0.5) is 0 Å². The molecule has 0 spiro atoms. The van der Waals surface area contributed by atoms with Crippen molar-refractivity contribution in [3.8, 4) is 17.1 Å². The fourth-order valence-corrected chi connectivity index (χ4v) is 1.96. The van der Waals surface area contributed by atoms with Gasteiger partial charge in [-0.15, -0.1) is 0 Å². The lowest BCUT2D eigenvalue weighted by Crippen LogP contribution is -1.90. The smallest absolute Gasteiger partial charge is 0.231 e. The normalized spacial score (nSPS) is 10.7. The Morgan fingerprint density at radius 3 is 2.85 bits per heavy atom. The molecule has 1 N–H and O–H groups in total. The molecule has 0 aliphatic heterocycles. The molecule has 3 rings (SSSR count). The van der Waals surface area contributed by atoms with Crippen molar-refractivity contribution >= 4 is 0 Å². The summed E-state index contributed by atoms with van der Waals surface area (Å²) in [7, 11) is 0. The van der Waals surface area contributed by atoms with Crippen LogP contribution in [0.15, 0.2) is 47.2 Å². The molecule has 0 radical (unpaired) electrons. The van der Waals surface area contributed by atoms with Crippen LogP contribution in [0.5, 0.6) is 5.75 Å². The predicted octanol–water partition coefficient (Wildman–Crippen LogP) is 2.74. The molecule has 0 bridgehead atoms. The maximum Gasteiger partial charge on any atom is 0.231 e. The van der Waals surface area contributed by atoms with Gasteiger partial charge in [0.15, 0.2) is 0 Å². The molecular formula is C15H13N3O2.